The molecule has 0 spiro atoms. The van der Waals surface area contributed by atoms with Crippen molar-refractivity contribution in [2.45, 2.75) is 6.42 Å². The number of carbonyl (C=O) groups excluding carboxylic acids is 2. The van der Waals surface area contributed by atoms with E-state index in [1.54, 1.807) is 36.4 Å². The van der Waals surface area contributed by atoms with Crippen molar-refractivity contribution in [2.24, 2.45) is 0 Å². The van der Waals surface area contributed by atoms with Crippen molar-refractivity contribution in [3.8, 4) is 11.4 Å². The number of esters is 1. The van der Waals surface area contributed by atoms with E-state index in [0.29, 0.717) is 30.1 Å². The van der Waals surface area contributed by atoms with Crippen LogP contribution in [-0.4, -0.2) is 45.2 Å². The van der Waals surface area contributed by atoms with E-state index in [1.807, 2.05) is 18.2 Å². The number of nitrogens with one attached hydrogen (secondary N) is 1. The molecule has 0 saturated carbocycles. The lowest BCUT2D eigenvalue weighted by Crippen LogP contribution is -2.31. The van der Waals surface area contributed by atoms with E-state index >= 15 is 0 Å². The highest BCUT2D eigenvalue weighted by Gasteiger charge is 2.22. The molecule has 0 aliphatic carbocycles. The number of furan rings is 1. The second-order valence-electron chi connectivity index (χ2n) is 7.13. The van der Waals surface area contributed by atoms with Gasteiger partial charge in [-0.25, -0.2) is 9.18 Å². The molecule has 0 atom stereocenters. The Morgan fingerprint density at radius 3 is 2.59 bits per heavy atom. The van der Waals surface area contributed by atoms with Crippen LogP contribution in [0.15, 0.2) is 77.4 Å². The number of carbonyl (C=O) groups is 2. The summed E-state index contributed by atoms with van der Waals surface area (Å²) < 4.78 is 24.7. The molecular weight excluding hydrogens is 441 g/mol. The fraction of sp³-hybridized carbons (Fsp3) is 0.125. The van der Waals surface area contributed by atoms with Gasteiger partial charge in [-0.1, -0.05) is 42.5 Å². The molecular formula is C24H20FN5O4. The molecule has 0 bridgehead atoms. The highest BCUT2D eigenvalue weighted by molar-refractivity contribution is 6.15. The summed E-state index contributed by atoms with van der Waals surface area (Å²) in [7, 11) is 0. The molecule has 2 aromatic carbocycles. The van der Waals surface area contributed by atoms with Gasteiger partial charge in [0.1, 0.15) is 11.6 Å². The van der Waals surface area contributed by atoms with Crippen molar-refractivity contribution in [2.75, 3.05) is 13.2 Å². The van der Waals surface area contributed by atoms with Crippen molar-refractivity contribution in [3.63, 3.8) is 0 Å². The molecule has 1 amide bonds. The second kappa shape index (κ2) is 10.8. The molecule has 0 fully saturated rings. The van der Waals surface area contributed by atoms with E-state index in [1.165, 1.54) is 29.2 Å². The maximum atomic E-state index is 13.0. The quantitative estimate of drug-likeness (QED) is 0.301. The average molecular weight is 461 g/mol. The molecule has 0 radical (unpaired) electrons. The van der Waals surface area contributed by atoms with Gasteiger partial charge in [0, 0.05) is 18.2 Å². The summed E-state index contributed by atoms with van der Waals surface area (Å²) in [6.45, 7) is -0.192. The number of aromatic nitrogens is 4. The first-order valence-electron chi connectivity index (χ1n) is 10.4. The number of amides is 1. The molecule has 9 nitrogen and oxygen atoms in total. The fourth-order valence-corrected chi connectivity index (χ4v) is 3.08. The fourth-order valence-electron chi connectivity index (χ4n) is 3.08. The van der Waals surface area contributed by atoms with Crippen LogP contribution in [0.5, 0.6) is 0 Å². The van der Waals surface area contributed by atoms with Crippen LogP contribution in [0.3, 0.4) is 0 Å². The zero-order valence-corrected chi connectivity index (χ0v) is 17.9. The van der Waals surface area contributed by atoms with Crippen LogP contribution in [-0.2, 0) is 20.7 Å². The topological polar surface area (TPSA) is 112 Å². The molecule has 0 unspecified atom stereocenters. The highest BCUT2D eigenvalue weighted by atomic mass is 19.1. The molecule has 1 N–H and O–H groups in total. The minimum atomic E-state index is -0.811. The Bertz CT molecular complexity index is 1270. The van der Waals surface area contributed by atoms with Crippen LogP contribution < -0.4 is 5.32 Å². The van der Waals surface area contributed by atoms with Gasteiger partial charge in [0.2, 0.25) is 0 Å². The molecule has 34 heavy (non-hydrogen) atoms. The Labute approximate surface area is 193 Å². The predicted octanol–water partition coefficient (Wildman–Crippen LogP) is 2.97. The molecule has 0 aliphatic heterocycles. The lowest BCUT2D eigenvalue weighted by atomic mass is 10.1. The van der Waals surface area contributed by atoms with Crippen LogP contribution in [0, 0.1) is 5.82 Å². The molecule has 2 heterocycles. The first-order valence-corrected chi connectivity index (χ1v) is 10.4. The third kappa shape index (κ3) is 5.80. The number of ether oxygens (including phenoxy) is 1. The second-order valence-corrected chi connectivity index (χ2v) is 7.13. The van der Waals surface area contributed by atoms with Gasteiger partial charge in [-0.15, -0.1) is 5.10 Å². The van der Waals surface area contributed by atoms with Gasteiger partial charge in [0.25, 0.3) is 5.91 Å². The normalized spacial score (nSPS) is 11.3. The number of hydrogen-bond donors (Lipinski definition) is 1. The Morgan fingerprint density at radius 2 is 1.85 bits per heavy atom. The largest absolute Gasteiger partial charge is 0.465 e. The average Bonchev–Trinajstić information content (AvgIpc) is 3.55. The Morgan fingerprint density at radius 1 is 1.06 bits per heavy atom. The molecule has 0 saturated heterocycles. The number of hydrogen-bond acceptors (Lipinski definition) is 7. The van der Waals surface area contributed by atoms with E-state index in [-0.39, 0.29) is 11.5 Å². The summed E-state index contributed by atoms with van der Waals surface area (Å²) >= 11 is 0. The van der Waals surface area contributed by atoms with E-state index in [4.69, 9.17) is 9.15 Å². The van der Waals surface area contributed by atoms with Crippen molar-refractivity contribution in [3.05, 3.63) is 90.1 Å². The van der Waals surface area contributed by atoms with Crippen LogP contribution >= 0.6 is 0 Å². The number of tetrazole rings is 1. The molecule has 4 rings (SSSR count). The van der Waals surface area contributed by atoms with E-state index in [2.05, 4.69) is 20.8 Å². The summed E-state index contributed by atoms with van der Waals surface area (Å²) in [5.74, 6) is -0.914. The summed E-state index contributed by atoms with van der Waals surface area (Å²) in [6.07, 6.45) is 3.40. The van der Waals surface area contributed by atoms with Gasteiger partial charge in [0.15, 0.2) is 18.1 Å². The minimum Gasteiger partial charge on any atom is -0.465 e. The SMILES string of the molecule is O=C(COC(=O)/C(=C/c1ccco1)n1nnnc1-c1ccccc1)NCCc1ccc(F)cc1. The monoisotopic (exact) mass is 461 g/mol. The number of rotatable bonds is 9. The summed E-state index contributed by atoms with van der Waals surface area (Å²) in [4.78, 5) is 25.1. The number of nitrogens with zero attached hydrogens (tertiary/aromatic N) is 4. The zero-order valence-electron chi connectivity index (χ0n) is 17.9. The minimum absolute atomic E-state index is 0.0297. The lowest BCUT2D eigenvalue weighted by molar-refractivity contribution is -0.143. The van der Waals surface area contributed by atoms with E-state index in [9.17, 15) is 14.0 Å². The Hall–Kier alpha value is -4.60. The zero-order chi connectivity index (χ0) is 23.8. The predicted molar refractivity (Wildman–Crippen MR) is 120 cm³/mol. The Balaban J connectivity index is 1.43. The third-order valence-corrected chi connectivity index (χ3v) is 4.74. The van der Waals surface area contributed by atoms with Crippen molar-refractivity contribution in [1.82, 2.24) is 25.5 Å². The standard InChI is InChI=1S/C24H20FN5O4/c25-19-10-8-17(9-11-19)12-13-26-22(31)16-34-24(32)21(15-20-7-4-14-33-20)30-23(27-28-29-30)18-5-2-1-3-6-18/h1-11,14-15H,12-13,16H2,(H,26,31)/b21-15-. The lowest BCUT2D eigenvalue weighted by Gasteiger charge is -2.10. The van der Waals surface area contributed by atoms with Gasteiger partial charge < -0.3 is 14.5 Å². The first-order chi connectivity index (χ1) is 16.6. The molecule has 0 aliphatic rings. The first kappa shape index (κ1) is 22.6. The van der Waals surface area contributed by atoms with Gasteiger partial charge in [-0.05, 0) is 46.7 Å². The third-order valence-electron chi connectivity index (χ3n) is 4.74. The van der Waals surface area contributed by atoms with Crippen molar-refractivity contribution < 1.29 is 23.1 Å². The number of benzene rings is 2. The summed E-state index contributed by atoms with van der Waals surface area (Å²) in [5.41, 5.74) is 1.52. The van der Waals surface area contributed by atoms with Crippen molar-refractivity contribution >= 4 is 23.6 Å². The Kier molecular flexibility index (Phi) is 7.19. The van der Waals surface area contributed by atoms with Crippen LogP contribution in [0.2, 0.25) is 0 Å². The smallest absolute Gasteiger partial charge is 0.357 e. The highest BCUT2D eigenvalue weighted by Crippen LogP contribution is 2.21. The molecule has 10 heteroatoms. The number of halogens is 1. The molecule has 4 aromatic rings. The summed E-state index contributed by atoms with van der Waals surface area (Å²) in [6, 6.07) is 18.4. The summed E-state index contributed by atoms with van der Waals surface area (Å²) in [5, 5.41) is 14.3. The molecule has 2 aromatic heterocycles. The van der Waals surface area contributed by atoms with Crippen LogP contribution in [0.4, 0.5) is 4.39 Å². The maximum absolute atomic E-state index is 13.0. The van der Waals surface area contributed by atoms with Crippen LogP contribution in [0.25, 0.3) is 23.2 Å². The van der Waals surface area contributed by atoms with E-state index in [0.717, 1.165) is 5.56 Å². The van der Waals surface area contributed by atoms with Crippen LogP contribution in [0.1, 0.15) is 11.3 Å². The molecule has 172 valence electrons. The van der Waals surface area contributed by atoms with E-state index < -0.39 is 18.5 Å². The van der Waals surface area contributed by atoms with Gasteiger partial charge in [0.05, 0.1) is 6.26 Å². The van der Waals surface area contributed by atoms with Gasteiger partial charge >= 0.3 is 5.97 Å². The van der Waals surface area contributed by atoms with Gasteiger partial charge in [-0.2, -0.15) is 4.68 Å². The van der Waals surface area contributed by atoms with Gasteiger partial charge in [-0.3, -0.25) is 4.79 Å². The van der Waals surface area contributed by atoms with Crippen molar-refractivity contribution in [1.29, 1.82) is 0 Å². The maximum Gasteiger partial charge on any atom is 0.357 e.